The van der Waals surface area contributed by atoms with E-state index in [0.29, 0.717) is 36.9 Å². The minimum Gasteiger partial charge on any atom is -0.497 e. The van der Waals surface area contributed by atoms with E-state index in [-0.39, 0.29) is 18.3 Å². The molecule has 0 bridgehead atoms. The van der Waals surface area contributed by atoms with Crippen molar-refractivity contribution in [3.8, 4) is 11.5 Å². The Morgan fingerprint density at radius 3 is 2.68 bits per heavy atom. The number of hydrogen-bond acceptors (Lipinski definition) is 6. The highest BCUT2D eigenvalue weighted by Gasteiger charge is 2.33. The second-order valence-corrected chi connectivity index (χ2v) is 6.46. The average Bonchev–Trinajstić information content (AvgIpc) is 2.71. The molecule has 7 heteroatoms. The van der Waals surface area contributed by atoms with Crippen molar-refractivity contribution in [1.29, 1.82) is 0 Å². The highest BCUT2D eigenvalue weighted by Crippen LogP contribution is 2.29. The van der Waals surface area contributed by atoms with Gasteiger partial charge in [-0.05, 0) is 17.7 Å². The molecule has 0 saturated carbocycles. The lowest BCUT2D eigenvalue weighted by atomic mass is 10.1. The highest BCUT2D eigenvalue weighted by atomic mass is 16.5. The predicted molar refractivity (Wildman–Crippen MR) is 104 cm³/mol. The summed E-state index contributed by atoms with van der Waals surface area (Å²) in [4.78, 5) is 26.9. The van der Waals surface area contributed by atoms with E-state index in [1.807, 2.05) is 35.2 Å². The first kappa shape index (κ1) is 19.7. The summed E-state index contributed by atoms with van der Waals surface area (Å²) in [5.41, 5.74) is 1.57. The van der Waals surface area contributed by atoms with Crippen LogP contribution in [0.3, 0.4) is 0 Å². The summed E-state index contributed by atoms with van der Waals surface area (Å²) in [6.45, 7) is 1.49. The fraction of sp³-hybridized carbons (Fsp3) is 0.333. The number of anilines is 1. The molecule has 0 aromatic heterocycles. The lowest BCUT2D eigenvalue weighted by Crippen LogP contribution is -2.49. The molecule has 2 aromatic rings. The van der Waals surface area contributed by atoms with E-state index in [1.54, 1.807) is 25.3 Å². The molecule has 7 nitrogen and oxygen atoms in total. The molecule has 1 amide bonds. The van der Waals surface area contributed by atoms with Crippen molar-refractivity contribution in [2.75, 3.05) is 32.7 Å². The van der Waals surface area contributed by atoms with Gasteiger partial charge >= 0.3 is 5.97 Å². The minimum atomic E-state index is -0.634. The highest BCUT2D eigenvalue weighted by molar-refractivity contribution is 5.95. The third-order valence-electron chi connectivity index (χ3n) is 4.62. The summed E-state index contributed by atoms with van der Waals surface area (Å²) in [5, 5.41) is 2.81. The van der Waals surface area contributed by atoms with Gasteiger partial charge in [-0.25, -0.2) is 0 Å². The molecule has 3 rings (SSSR count). The molecule has 0 radical (unpaired) electrons. The molecule has 1 atom stereocenters. The molecular formula is C21H24N2O5. The summed E-state index contributed by atoms with van der Waals surface area (Å²) in [6.07, 6.45) is -0.00791. The van der Waals surface area contributed by atoms with Gasteiger partial charge in [0.15, 0.2) is 0 Å². The average molecular weight is 384 g/mol. The van der Waals surface area contributed by atoms with E-state index in [2.05, 4.69) is 5.32 Å². The number of hydrogen-bond donors (Lipinski definition) is 1. The van der Waals surface area contributed by atoms with Crippen LogP contribution in [0.5, 0.6) is 11.5 Å². The van der Waals surface area contributed by atoms with Crippen LogP contribution >= 0.6 is 0 Å². The van der Waals surface area contributed by atoms with Gasteiger partial charge in [0.25, 0.3) is 0 Å². The summed E-state index contributed by atoms with van der Waals surface area (Å²) in [5.74, 6) is 0.434. The van der Waals surface area contributed by atoms with E-state index in [4.69, 9.17) is 14.2 Å². The lowest BCUT2D eigenvalue weighted by Gasteiger charge is -2.33. The molecule has 1 aliphatic rings. The Hall–Kier alpha value is -3.06. The lowest BCUT2D eigenvalue weighted by molar-refractivity contribution is -0.159. The van der Waals surface area contributed by atoms with E-state index in [0.717, 1.165) is 5.56 Å². The Kier molecular flexibility index (Phi) is 6.49. The van der Waals surface area contributed by atoms with Gasteiger partial charge in [-0.15, -0.1) is 0 Å². The zero-order chi connectivity index (χ0) is 19.9. The number of nitrogens with zero attached hydrogens (tertiary/aromatic N) is 1. The molecule has 2 aromatic carbocycles. The Morgan fingerprint density at radius 2 is 1.96 bits per heavy atom. The van der Waals surface area contributed by atoms with Gasteiger partial charge in [-0.3, -0.25) is 14.5 Å². The monoisotopic (exact) mass is 384 g/mol. The van der Waals surface area contributed by atoms with E-state index in [1.165, 1.54) is 7.11 Å². The van der Waals surface area contributed by atoms with Crippen LogP contribution in [-0.2, 0) is 20.9 Å². The maximum Gasteiger partial charge on any atom is 0.323 e. The van der Waals surface area contributed by atoms with Crippen molar-refractivity contribution in [2.45, 2.75) is 19.0 Å². The molecule has 1 heterocycles. The van der Waals surface area contributed by atoms with Crippen LogP contribution < -0.4 is 14.8 Å². The van der Waals surface area contributed by atoms with Crippen LogP contribution in [0, 0.1) is 0 Å². The summed E-state index contributed by atoms with van der Waals surface area (Å²) in [6, 6.07) is 14.3. The number of benzene rings is 2. The number of ether oxygens (including phenoxy) is 3. The Morgan fingerprint density at radius 1 is 1.18 bits per heavy atom. The van der Waals surface area contributed by atoms with Gasteiger partial charge in [0.1, 0.15) is 24.1 Å². The van der Waals surface area contributed by atoms with Crippen LogP contribution in [0.2, 0.25) is 0 Å². The van der Waals surface area contributed by atoms with Gasteiger partial charge < -0.3 is 19.5 Å². The number of carbonyl (C=O) groups excluding carboxylic acids is 2. The van der Waals surface area contributed by atoms with Crippen LogP contribution in [0.1, 0.15) is 12.0 Å². The van der Waals surface area contributed by atoms with Crippen LogP contribution in [0.4, 0.5) is 5.69 Å². The molecule has 1 N–H and O–H groups in total. The zero-order valence-corrected chi connectivity index (χ0v) is 16.0. The number of amides is 1. The third kappa shape index (κ3) is 4.80. The van der Waals surface area contributed by atoms with Gasteiger partial charge in [0, 0.05) is 19.2 Å². The number of esters is 1. The predicted octanol–water partition coefficient (Wildman–Crippen LogP) is 2.46. The maximum absolute atomic E-state index is 12.7. The smallest absolute Gasteiger partial charge is 0.323 e. The number of nitrogens with one attached hydrogen (secondary N) is 1. The van der Waals surface area contributed by atoms with Gasteiger partial charge in [-0.2, -0.15) is 0 Å². The van der Waals surface area contributed by atoms with Crippen LogP contribution in [-0.4, -0.2) is 50.2 Å². The second-order valence-electron chi connectivity index (χ2n) is 6.46. The quantitative estimate of drug-likeness (QED) is 0.739. The zero-order valence-electron chi connectivity index (χ0n) is 16.0. The van der Waals surface area contributed by atoms with Gasteiger partial charge in [0.05, 0.1) is 26.3 Å². The van der Waals surface area contributed by atoms with Gasteiger partial charge in [-0.1, -0.05) is 30.3 Å². The number of rotatable bonds is 7. The number of morpholine rings is 1. The third-order valence-corrected chi connectivity index (χ3v) is 4.62. The maximum atomic E-state index is 12.7. The summed E-state index contributed by atoms with van der Waals surface area (Å²) < 4.78 is 15.7. The van der Waals surface area contributed by atoms with Crippen molar-refractivity contribution in [3.05, 3.63) is 54.1 Å². The van der Waals surface area contributed by atoms with Crippen molar-refractivity contribution in [2.24, 2.45) is 0 Å². The molecule has 28 heavy (non-hydrogen) atoms. The number of cyclic esters (lactones) is 1. The minimum absolute atomic E-state index is 0.00791. The Labute approximate surface area is 164 Å². The van der Waals surface area contributed by atoms with Crippen molar-refractivity contribution in [3.63, 3.8) is 0 Å². The molecule has 0 unspecified atom stereocenters. The molecular weight excluding hydrogens is 360 g/mol. The molecule has 148 valence electrons. The first-order valence-electron chi connectivity index (χ1n) is 9.07. The van der Waals surface area contributed by atoms with Crippen molar-refractivity contribution >= 4 is 17.6 Å². The fourth-order valence-corrected chi connectivity index (χ4v) is 3.17. The van der Waals surface area contributed by atoms with Crippen LogP contribution in [0.15, 0.2) is 48.5 Å². The van der Waals surface area contributed by atoms with Crippen molar-refractivity contribution < 1.29 is 23.8 Å². The van der Waals surface area contributed by atoms with E-state index in [9.17, 15) is 9.59 Å². The molecule has 1 aliphatic heterocycles. The molecule has 1 saturated heterocycles. The Balaban J connectivity index is 1.71. The fourth-order valence-electron chi connectivity index (χ4n) is 3.17. The first-order valence-corrected chi connectivity index (χ1v) is 9.07. The van der Waals surface area contributed by atoms with Gasteiger partial charge in [0.2, 0.25) is 5.91 Å². The molecule has 1 fully saturated rings. The first-order chi connectivity index (χ1) is 13.6. The summed E-state index contributed by atoms with van der Waals surface area (Å²) >= 11 is 0. The van der Waals surface area contributed by atoms with E-state index < -0.39 is 6.04 Å². The van der Waals surface area contributed by atoms with E-state index >= 15 is 0 Å². The topological polar surface area (TPSA) is 77.1 Å². The largest absolute Gasteiger partial charge is 0.497 e. The second kappa shape index (κ2) is 9.23. The SMILES string of the molecule is COc1ccc(OC)c(NC(=O)C[C@H]2C(=O)OCCN2Cc2ccccc2)c1. The van der Waals surface area contributed by atoms with Crippen molar-refractivity contribution in [1.82, 2.24) is 4.90 Å². The Bertz CT molecular complexity index is 825. The molecule has 0 spiro atoms. The number of methoxy groups -OCH3 is 2. The normalized spacial score (nSPS) is 16.9. The number of carbonyl (C=O) groups is 2. The summed E-state index contributed by atoms with van der Waals surface area (Å²) in [7, 11) is 3.07. The molecule has 0 aliphatic carbocycles. The van der Waals surface area contributed by atoms with Crippen LogP contribution in [0.25, 0.3) is 0 Å². The standard InChI is InChI=1S/C21H24N2O5/c1-26-16-8-9-19(27-2)17(12-16)22-20(24)13-18-21(25)28-11-10-23(18)14-15-6-4-3-5-7-15/h3-9,12,18H,10-11,13-14H2,1-2H3,(H,22,24)/t18-/m0/s1.